The monoisotopic (exact) mass is 403 g/mol. The fourth-order valence-corrected chi connectivity index (χ4v) is 4.93. The first-order valence-electron chi connectivity index (χ1n) is 8.30. The van der Waals surface area contributed by atoms with Crippen LogP contribution in [0.1, 0.15) is 25.7 Å². The van der Waals surface area contributed by atoms with Crippen LogP contribution in [-0.4, -0.2) is 23.0 Å². The third kappa shape index (κ3) is 2.83. The van der Waals surface area contributed by atoms with E-state index in [2.05, 4.69) is 4.72 Å². The van der Waals surface area contributed by atoms with Crippen LogP contribution >= 0.6 is 11.6 Å². The average molecular weight is 404 g/mol. The molecule has 0 unspecified atom stereocenters. The van der Waals surface area contributed by atoms with Crippen molar-refractivity contribution in [3.63, 3.8) is 0 Å². The van der Waals surface area contributed by atoms with Crippen molar-refractivity contribution in [1.82, 2.24) is 9.36 Å². The van der Waals surface area contributed by atoms with Crippen molar-refractivity contribution >= 4 is 27.3 Å². The summed E-state index contributed by atoms with van der Waals surface area (Å²) in [5, 5.41) is -0.498. The van der Waals surface area contributed by atoms with Gasteiger partial charge in [-0.2, -0.15) is 0 Å². The Hall–Kier alpha value is -1.87. The molecule has 4 rings (SSSR count). The summed E-state index contributed by atoms with van der Waals surface area (Å²) >= 11 is 6.28. The molecule has 1 aliphatic carbocycles. The molecule has 10 heteroatoms. The number of nitrogens with one attached hydrogen (secondary N) is 1. The van der Waals surface area contributed by atoms with E-state index in [1.807, 2.05) is 0 Å². The molecule has 6 nitrogen and oxygen atoms in total. The van der Waals surface area contributed by atoms with E-state index in [1.165, 1.54) is 4.68 Å². The summed E-state index contributed by atoms with van der Waals surface area (Å²) in [5.41, 5.74) is -1.17. The lowest BCUT2D eigenvalue weighted by Crippen LogP contribution is -2.27. The van der Waals surface area contributed by atoms with Crippen LogP contribution in [0.2, 0.25) is 5.15 Å². The molecule has 1 aromatic carbocycles. The minimum Gasteiger partial charge on any atom is -0.280 e. The first-order valence-corrected chi connectivity index (χ1v) is 10.2. The van der Waals surface area contributed by atoms with Crippen molar-refractivity contribution in [1.29, 1.82) is 0 Å². The molecule has 1 N–H and O–H groups in total. The highest BCUT2D eigenvalue weighted by atomic mass is 35.5. The van der Waals surface area contributed by atoms with Crippen LogP contribution in [-0.2, 0) is 23.1 Å². The van der Waals surface area contributed by atoms with Gasteiger partial charge in [0.25, 0.3) is 5.56 Å². The number of aromatic nitrogens is 2. The van der Waals surface area contributed by atoms with E-state index in [0.717, 1.165) is 18.9 Å². The molecule has 2 aliphatic rings. The maximum absolute atomic E-state index is 14.4. The smallest absolute Gasteiger partial charge is 0.276 e. The van der Waals surface area contributed by atoms with Gasteiger partial charge in [0.05, 0.1) is 16.5 Å². The summed E-state index contributed by atoms with van der Waals surface area (Å²) in [6.45, 7) is 0.987. The van der Waals surface area contributed by atoms with Crippen molar-refractivity contribution in [3.8, 4) is 11.1 Å². The van der Waals surface area contributed by atoms with Gasteiger partial charge >= 0.3 is 0 Å². The molecule has 1 aliphatic heterocycles. The Balaban J connectivity index is 1.84. The van der Waals surface area contributed by atoms with Crippen LogP contribution in [0.25, 0.3) is 11.1 Å². The minimum absolute atomic E-state index is 0.0659. The molecule has 0 atom stereocenters. The quantitative estimate of drug-likeness (QED) is 0.853. The van der Waals surface area contributed by atoms with E-state index in [9.17, 15) is 22.0 Å². The van der Waals surface area contributed by atoms with E-state index >= 15 is 0 Å². The van der Waals surface area contributed by atoms with Gasteiger partial charge in [0.1, 0.15) is 16.8 Å². The predicted octanol–water partition coefficient (Wildman–Crippen LogP) is 2.95. The number of benzene rings is 1. The Kier molecular flexibility index (Phi) is 4.11. The highest BCUT2D eigenvalue weighted by Gasteiger charge is 2.36. The van der Waals surface area contributed by atoms with Crippen LogP contribution in [0.15, 0.2) is 16.9 Å². The molecule has 140 valence electrons. The standard InChI is InChI=1S/C16H16ClF2N3O3S/c17-15-14(16(23)22-6-2-1-5-21(15)22)10-7-13(12(19)8-11(10)18)20-26(24,25)9-3-4-9/h7-9,20H,1-6H2. The van der Waals surface area contributed by atoms with Crippen molar-refractivity contribution in [2.24, 2.45) is 0 Å². The fraction of sp³-hybridized carbons (Fsp3) is 0.438. The minimum atomic E-state index is -3.73. The van der Waals surface area contributed by atoms with Gasteiger partial charge in [0.2, 0.25) is 10.0 Å². The van der Waals surface area contributed by atoms with E-state index < -0.39 is 38.2 Å². The number of hydrogen-bond donors (Lipinski definition) is 1. The van der Waals surface area contributed by atoms with Crippen molar-refractivity contribution in [2.45, 2.75) is 44.0 Å². The number of sulfonamides is 1. The Bertz CT molecular complexity index is 1060. The van der Waals surface area contributed by atoms with Crippen molar-refractivity contribution < 1.29 is 17.2 Å². The zero-order chi connectivity index (χ0) is 18.6. The summed E-state index contributed by atoms with van der Waals surface area (Å²) in [6.07, 6.45) is 2.65. The highest BCUT2D eigenvalue weighted by molar-refractivity contribution is 7.93. The summed E-state index contributed by atoms with van der Waals surface area (Å²) < 4.78 is 57.8. The van der Waals surface area contributed by atoms with Gasteiger partial charge in [-0.05, 0) is 31.7 Å². The molecular formula is C16H16ClF2N3O3S. The lowest BCUT2D eigenvalue weighted by molar-refractivity contribution is 0.356. The molecule has 2 aromatic rings. The maximum Gasteiger partial charge on any atom is 0.276 e. The van der Waals surface area contributed by atoms with E-state index in [1.54, 1.807) is 4.68 Å². The Morgan fingerprint density at radius 1 is 1.08 bits per heavy atom. The van der Waals surface area contributed by atoms with Gasteiger partial charge in [0.15, 0.2) is 0 Å². The van der Waals surface area contributed by atoms with Gasteiger partial charge < -0.3 is 0 Å². The largest absolute Gasteiger partial charge is 0.280 e. The SMILES string of the molecule is O=c1c(-c2cc(NS(=O)(=O)C3CC3)c(F)cc2F)c(Cl)n2n1CCCC2. The number of hydrogen-bond acceptors (Lipinski definition) is 3. The first-order chi connectivity index (χ1) is 12.3. The van der Waals surface area contributed by atoms with Gasteiger partial charge in [-0.1, -0.05) is 11.6 Å². The van der Waals surface area contributed by atoms with Crippen LogP contribution in [0, 0.1) is 11.6 Å². The number of anilines is 1. The third-order valence-electron chi connectivity index (χ3n) is 4.70. The van der Waals surface area contributed by atoms with E-state index in [-0.39, 0.29) is 16.3 Å². The summed E-state index contributed by atoms with van der Waals surface area (Å²) in [5.74, 6) is -2.02. The fourth-order valence-electron chi connectivity index (χ4n) is 3.19. The van der Waals surface area contributed by atoms with Crippen molar-refractivity contribution in [3.05, 3.63) is 39.3 Å². The second-order valence-electron chi connectivity index (χ2n) is 6.58. The summed E-state index contributed by atoms with van der Waals surface area (Å²) in [6, 6.07) is 1.57. The molecule has 1 fully saturated rings. The number of rotatable bonds is 4. The third-order valence-corrected chi connectivity index (χ3v) is 6.94. The summed E-state index contributed by atoms with van der Waals surface area (Å²) in [7, 11) is -3.73. The molecule has 0 radical (unpaired) electrons. The normalized spacial score (nSPS) is 17.2. The Labute approximate surface area is 153 Å². The molecule has 2 heterocycles. The van der Waals surface area contributed by atoms with Crippen molar-refractivity contribution in [2.75, 3.05) is 4.72 Å². The van der Waals surface area contributed by atoms with Gasteiger partial charge in [-0.25, -0.2) is 21.9 Å². The lowest BCUT2D eigenvalue weighted by Gasteiger charge is -2.17. The maximum atomic E-state index is 14.4. The average Bonchev–Trinajstić information content (AvgIpc) is 3.41. The zero-order valence-corrected chi connectivity index (χ0v) is 15.2. The van der Waals surface area contributed by atoms with Crippen LogP contribution in [0.3, 0.4) is 0 Å². The molecule has 1 saturated carbocycles. The Morgan fingerprint density at radius 2 is 1.73 bits per heavy atom. The number of nitrogens with zero attached hydrogens (tertiary/aromatic N) is 2. The first kappa shape index (κ1) is 17.5. The molecule has 1 aromatic heterocycles. The molecule has 0 spiro atoms. The van der Waals surface area contributed by atoms with Gasteiger partial charge in [-0.15, -0.1) is 0 Å². The predicted molar refractivity (Wildman–Crippen MR) is 93.9 cm³/mol. The highest BCUT2D eigenvalue weighted by Crippen LogP contribution is 2.35. The molecular weight excluding hydrogens is 388 g/mol. The van der Waals surface area contributed by atoms with Gasteiger partial charge in [0, 0.05) is 24.7 Å². The number of halogens is 3. The van der Waals surface area contributed by atoms with E-state index in [4.69, 9.17) is 11.6 Å². The van der Waals surface area contributed by atoms with Crippen LogP contribution in [0.5, 0.6) is 0 Å². The van der Waals surface area contributed by atoms with E-state index in [0.29, 0.717) is 32.0 Å². The zero-order valence-electron chi connectivity index (χ0n) is 13.6. The van der Waals surface area contributed by atoms with Gasteiger partial charge in [-0.3, -0.25) is 14.2 Å². The number of fused-ring (bicyclic) bond motifs is 1. The van der Waals surface area contributed by atoms with Crippen LogP contribution in [0.4, 0.5) is 14.5 Å². The summed E-state index contributed by atoms with van der Waals surface area (Å²) in [4.78, 5) is 12.6. The topological polar surface area (TPSA) is 73.1 Å². The Morgan fingerprint density at radius 3 is 2.35 bits per heavy atom. The lowest BCUT2D eigenvalue weighted by atomic mass is 10.1. The molecule has 0 bridgehead atoms. The second-order valence-corrected chi connectivity index (χ2v) is 8.90. The molecule has 0 amide bonds. The van der Waals surface area contributed by atoms with Crippen LogP contribution < -0.4 is 10.3 Å². The molecule has 0 saturated heterocycles. The second kappa shape index (κ2) is 6.09. The molecule has 26 heavy (non-hydrogen) atoms.